The van der Waals surface area contributed by atoms with Gasteiger partial charge in [-0.15, -0.1) is 12.4 Å². The highest BCUT2D eigenvalue weighted by atomic mass is 35.5. The summed E-state index contributed by atoms with van der Waals surface area (Å²) in [5, 5.41) is 10.0. The van der Waals surface area contributed by atoms with Gasteiger partial charge in [-0.2, -0.15) is 0 Å². The van der Waals surface area contributed by atoms with E-state index in [-0.39, 0.29) is 24.4 Å². The maximum atomic E-state index is 11.9. The molecule has 2 N–H and O–H groups in total. The maximum Gasteiger partial charge on any atom is 0.222 e. The molecule has 1 amide bonds. The molecule has 0 bridgehead atoms. The van der Waals surface area contributed by atoms with Crippen LogP contribution in [0.1, 0.15) is 12.1 Å². The second-order valence-electron chi connectivity index (χ2n) is 5.59. The van der Waals surface area contributed by atoms with E-state index in [1.54, 1.807) is 7.11 Å². The van der Waals surface area contributed by atoms with Crippen molar-refractivity contribution in [2.24, 2.45) is 0 Å². The quantitative estimate of drug-likeness (QED) is 0.809. The van der Waals surface area contributed by atoms with Crippen molar-refractivity contribution in [1.29, 1.82) is 0 Å². The molecule has 1 fully saturated rings. The van der Waals surface area contributed by atoms with Gasteiger partial charge in [0.15, 0.2) is 5.76 Å². The van der Waals surface area contributed by atoms with Gasteiger partial charge in [0.2, 0.25) is 5.91 Å². The molecule has 2 heterocycles. The fourth-order valence-electron chi connectivity index (χ4n) is 2.51. The van der Waals surface area contributed by atoms with Crippen molar-refractivity contribution >= 4 is 18.3 Å². The van der Waals surface area contributed by atoms with Crippen molar-refractivity contribution in [2.45, 2.75) is 19.1 Å². The Bertz CT molecular complexity index is 669. The number of carbonyl (C=O) groups is 1. The second kappa shape index (κ2) is 9.41. The lowest BCUT2D eigenvalue weighted by Gasteiger charge is -2.22. The van der Waals surface area contributed by atoms with Crippen molar-refractivity contribution < 1.29 is 18.8 Å². The van der Waals surface area contributed by atoms with E-state index in [1.165, 1.54) is 0 Å². The Morgan fingerprint density at radius 2 is 2.20 bits per heavy atom. The summed E-state index contributed by atoms with van der Waals surface area (Å²) in [4.78, 5) is 11.9. The number of nitrogens with zero attached hydrogens (tertiary/aromatic N) is 1. The third-order valence-electron chi connectivity index (χ3n) is 3.82. The van der Waals surface area contributed by atoms with Gasteiger partial charge in [-0.05, 0) is 24.3 Å². The van der Waals surface area contributed by atoms with E-state index in [0.717, 1.165) is 17.9 Å². The Morgan fingerprint density at radius 1 is 1.40 bits per heavy atom. The van der Waals surface area contributed by atoms with Crippen LogP contribution in [0.3, 0.4) is 0 Å². The first-order valence-corrected chi connectivity index (χ1v) is 7.93. The van der Waals surface area contributed by atoms with Gasteiger partial charge in [-0.3, -0.25) is 4.79 Å². The van der Waals surface area contributed by atoms with Crippen LogP contribution >= 0.6 is 12.4 Å². The molecular weight excluding hydrogens is 346 g/mol. The number of rotatable bonds is 6. The standard InChI is InChI=1S/C17H21N3O4.ClH/c1-22-14-4-2-12(3-5-14)16-8-13(20-24-16)10-19-17(21)9-15-11-18-6-7-23-15;/h2-5,8,15,18H,6-7,9-11H2,1H3,(H,19,21);1H. The van der Waals surface area contributed by atoms with Gasteiger partial charge in [0.05, 0.1) is 32.8 Å². The third-order valence-corrected chi connectivity index (χ3v) is 3.82. The molecule has 1 aromatic carbocycles. The minimum absolute atomic E-state index is 0. The predicted molar refractivity (Wildman–Crippen MR) is 94.8 cm³/mol. The van der Waals surface area contributed by atoms with E-state index in [4.69, 9.17) is 14.0 Å². The van der Waals surface area contributed by atoms with Crippen LogP contribution in [-0.4, -0.2) is 44.0 Å². The topological polar surface area (TPSA) is 85.6 Å². The number of hydrogen-bond acceptors (Lipinski definition) is 6. The number of hydrogen-bond donors (Lipinski definition) is 2. The molecule has 0 spiro atoms. The van der Waals surface area contributed by atoms with Crippen LogP contribution in [0.4, 0.5) is 0 Å². The summed E-state index contributed by atoms with van der Waals surface area (Å²) in [5.74, 6) is 1.38. The molecule has 2 aromatic rings. The molecule has 0 radical (unpaired) electrons. The molecule has 1 aliphatic heterocycles. The molecule has 1 aromatic heterocycles. The number of aromatic nitrogens is 1. The van der Waals surface area contributed by atoms with Gasteiger partial charge in [-0.1, -0.05) is 5.16 Å². The summed E-state index contributed by atoms with van der Waals surface area (Å²) in [7, 11) is 1.62. The smallest absolute Gasteiger partial charge is 0.222 e. The Balaban J connectivity index is 0.00000225. The number of benzene rings is 1. The lowest BCUT2D eigenvalue weighted by molar-refractivity contribution is -0.124. The highest BCUT2D eigenvalue weighted by Gasteiger charge is 2.17. The highest BCUT2D eigenvalue weighted by Crippen LogP contribution is 2.23. The molecule has 0 aliphatic carbocycles. The first-order valence-electron chi connectivity index (χ1n) is 7.93. The van der Waals surface area contributed by atoms with Crippen LogP contribution in [0.25, 0.3) is 11.3 Å². The maximum absolute atomic E-state index is 11.9. The molecule has 1 atom stereocenters. The van der Waals surface area contributed by atoms with Gasteiger partial charge in [0.1, 0.15) is 11.4 Å². The largest absolute Gasteiger partial charge is 0.497 e. The van der Waals surface area contributed by atoms with Gasteiger partial charge in [0, 0.05) is 24.7 Å². The number of carbonyl (C=O) groups excluding carboxylic acids is 1. The molecule has 1 aliphatic rings. The minimum atomic E-state index is -0.0640. The van der Waals surface area contributed by atoms with Gasteiger partial charge < -0.3 is 24.6 Å². The van der Waals surface area contributed by atoms with Crippen molar-refractivity contribution in [1.82, 2.24) is 15.8 Å². The van der Waals surface area contributed by atoms with Gasteiger partial charge in [-0.25, -0.2) is 0 Å². The van der Waals surface area contributed by atoms with E-state index in [0.29, 0.717) is 37.6 Å². The molecule has 1 saturated heterocycles. The zero-order valence-electron chi connectivity index (χ0n) is 14.0. The Labute approximate surface area is 152 Å². The summed E-state index contributed by atoms with van der Waals surface area (Å²) in [5.41, 5.74) is 1.58. The zero-order valence-corrected chi connectivity index (χ0v) is 14.8. The van der Waals surface area contributed by atoms with Crippen molar-refractivity contribution in [3.8, 4) is 17.1 Å². The average molecular weight is 368 g/mol. The van der Waals surface area contributed by atoms with Crippen LogP contribution in [0.5, 0.6) is 5.75 Å². The van der Waals surface area contributed by atoms with Crippen molar-refractivity contribution in [2.75, 3.05) is 26.8 Å². The van der Waals surface area contributed by atoms with E-state index >= 15 is 0 Å². The summed E-state index contributed by atoms with van der Waals surface area (Å²) in [6.07, 6.45) is 0.279. The third kappa shape index (κ3) is 5.45. The first kappa shape index (κ1) is 19.2. The van der Waals surface area contributed by atoms with Crippen molar-refractivity contribution in [3.63, 3.8) is 0 Å². The van der Waals surface area contributed by atoms with Crippen LogP contribution in [0, 0.1) is 0 Å². The number of morpholine rings is 1. The van der Waals surface area contributed by atoms with E-state index < -0.39 is 0 Å². The molecule has 1 unspecified atom stereocenters. The lowest BCUT2D eigenvalue weighted by atomic mass is 10.1. The number of methoxy groups -OCH3 is 1. The minimum Gasteiger partial charge on any atom is -0.497 e. The molecular formula is C17H22ClN3O4. The van der Waals surface area contributed by atoms with E-state index in [2.05, 4.69) is 15.8 Å². The number of nitrogens with one attached hydrogen (secondary N) is 2. The van der Waals surface area contributed by atoms with Crippen LogP contribution in [0.2, 0.25) is 0 Å². The second-order valence-corrected chi connectivity index (χ2v) is 5.59. The summed E-state index contributed by atoms with van der Waals surface area (Å²) >= 11 is 0. The molecule has 0 saturated carbocycles. The van der Waals surface area contributed by atoms with Crippen LogP contribution in [0.15, 0.2) is 34.9 Å². The van der Waals surface area contributed by atoms with E-state index in [1.807, 2.05) is 30.3 Å². The predicted octanol–water partition coefficient (Wildman–Crippen LogP) is 1.77. The summed E-state index contributed by atoms with van der Waals surface area (Å²) in [6, 6.07) is 9.33. The SMILES string of the molecule is COc1ccc(-c2cc(CNC(=O)CC3CNCCO3)no2)cc1.Cl. The zero-order chi connectivity index (χ0) is 16.8. The first-order chi connectivity index (χ1) is 11.7. The fourth-order valence-corrected chi connectivity index (χ4v) is 2.51. The Kier molecular flexibility index (Phi) is 7.24. The van der Waals surface area contributed by atoms with Gasteiger partial charge in [0.25, 0.3) is 0 Å². The molecule has 136 valence electrons. The fraction of sp³-hybridized carbons (Fsp3) is 0.412. The average Bonchev–Trinajstić information content (AvgIpc) is 3.10. The lowest BCUT2D eigenvalue weighted by Crippen LogP contribution is -2.41. The number of ether oxygens (including phenoxy) is 2. The summed E-state index contributed by atoms with van der Waals surface area (Å²) < 4.78 is 16.0. The Hall–Kier alpha value is -2.09. The van der Waals surface area contributed by atoms with E-state index in [9.17, 15) is 4.79 Å². The number of amides is 1. The van der Waals surface area contributed by atoms with Crippen molar-refractivity contribution in [3.05, 3.63) is 36.0 Å². The van der Waals surface area contributed by atoms with Gasteiger partial charge >= 0.3 is 0 Å². The Morgan fingerprint density at radius 3 is 2.88 bits per heavy atom. The van der Waals surface area contributed by atoms with Crippen LogP contribution in [-0.2, 0) is 16.1 Å². The molecule has 7 nitrogen and oxygen atoms in total. The number of halogens is 1. The normalized spacial score (nSPS) is 16.8. The van der Waals surface area contributed by atoms with Crippen LogP contribution < -0.4 is 15.4 Å². The highest BCUT2D eigenvalue weighted by molar-refractivity contribution is 5.85. The summed E-state index contributed by atoms with van der Waals surface area (Å²) in [6.45, 7) is 2.52. The molecule has 3 rings (SSSR count). The molecule has 25 heavy (non-hydrogen) atoms. The molecule has 8 heteroatoms. The monoisotopic (exact) mass is 367 g/mol.